The Morgan fingerprint density at radius 2 is 2.27 bits per heavy atom. The van der Waals surface area contributed by atoms with Crippen LogP contribution < -0.4 is 10.1 Å². The molecule has 1 aliphatic heterocycles. The molecule has 1 aromatic carbocycles. The largest absolute Gasteiger partial charge is 0.504 e. The summed E-state index contributed by atoms with van der Waals surface area (Å²) in [5, 5.41) is 13.1. The van der Waals surface area contributed by atoms with Gasteiger partial charge in [0.25, 0.3) is 0 Å². The molecule has 0 bridgehead atoms. The summed E-state index contributed by atoms with van der Waals surface area (Å²) in [6.07, 6.45) is 1.11. The molecule has 0 aromatic heterocycles. The number of nitrogens with one attached hydrogen (secondary N) is 1. The number of phenolic OH excluding ortho intramolecular Hbond substituents is 1. The maximum absolute atomic E-state index is 9.73. The van der Waals surface area contributed by atoms with Crippen molar-refractivity contribution in [1.29, 1.82) is 0 Å². The zero-order valence-electron chi connectivity index (χ0n) is 9.21. The summed E-state index contributed by atoms with van der Waals surface area (Å²) in [5.74, 6) is 1.35. The van der Waals surface area contributed by atoms with E-state index in [1.165, 1.54) is 5.56 Å². The molecule has 82 valence electrons. The first-order chi connectivity index (χ1) is 7.24. The van der Waals surface area contributed by atoms with Crippen LogP contribution in [0.2, 0.25) is 0 Å². The van der Waals surface area contributed by atoms with Gasteiger partial charge in [0.2, 0.25) is 0 Å². The highest BCUT2D eigenvalue weighted by Gasteiger charge is 2.23. The zero-order valence-corrected chi connectivity index (χ0v) is 9.21. The third kappa shape index (κ3) is 1.79. The number of benzene rings is 1. The van der Waals surface area contributed by atoms with Gasteiger partial charge in [-0.3, -0.25) is 0 Å². The zero-order chi connectivity index (χ0) is 10.8. The van der Waals surface area contributed by atoms with Crippen LogP contribution in [-0.4, -0.2) is 25.3 Å². The molecule has 1 heterocycles. The van der Waals surface area contributed by atoms with Gasteiger partial charge in [0.15, 0.2) is 11.5 Å². The molecule has 15 heavy (non-hydrogen) atoms. The monoisotopic (exact) mass is 207 g/mol. The Hall–Kier alpha value is -1.22. The second-order valence-corrected chi connectivity index (χ2v) is 4.04. The number of methoxy groups -OCH3 is 1. The van der Waals surface area contributed by atoms with E-state index >= 15 is 0 Å². The van der Waals surface area contributed by atoms with E-state index in [9.17, 15) is 5.11 Å². The molecule has 1 aromatic rings. The second-order valence-electron chi connectivity index (χ2n) is 4.04. The summed E-state index contributed by atoms with van der Waals surface area (Å²) in [7, 11) is 1.61. The number of ether oxygens (including phenoxy) is 1. The van der Waals surface area contributed by atoms with Crippen LogP contribution >= 0.6 is 0 Å². The minimum absolute atomic E-state index is 0.241. The Labute approximate surface area is 90.1 Å². The fourth-order valence-electron chi connectivity index (χ4n) is 2.31. The van der Waals surface area contributed by atoms with Gasteiger partial charge in [-0.25, -0.2) is 0 Å². The number of hydrogen-bond acceptors (Lipinski definition) is 3. The lowest BCUT2D eigenvalue weighted by Crippen LogP contribution is -2.09. The van der Waals surface area contributed by atoms with Gasteiger partial charge in [-0.1, -0.05) is 6.07 Å². The average molecular weight is 207 g/mol. The Balaban J connectivity index is 2.46. The molecule has 0 spiro atoms. The number of hydrogen-bond donors (Lipinski definition) is 2. The van der Waals surface area contributed by atoms with E-state index in [2.05, 4.69) is 12.2 Å². The lowest BCUT2D eigenvalue weighted by atomic mass is 9.93. The van der Waals surface area contributed by atoms with Crippen molar-refractivity contribution < 1.29 is 9.84 Å². The first-order valence-electron chi connectivity index (χ1n) is 5.31. The van der Waals surface area contributed by atoms with E-state index in [1.54, 1.807) is 13.2 Å². The van der Waals surface area contributed by atoms with Crippen molar-refractivity contribution in [3.05, 3.63) is 23.3 Å². The maximum Gasteiger partial charge on any atom is 0.164 e. The van der Waals surface area contributed by atoms with Gasteiger partial charge in [0.05, 0.1) is 7.11 Å². The van der Waals surface area contributed by atoms with Crippen LogP contribution in [0, 0.1) is 6.92 Å². The molecule has 0 aliphatic carbocycles. The molecule has 0 radical (unpaired) electrons. The molecule has 1 atom stereocenters. The van der Waals surface area contributed by atoms with E-state index in [4.69, 9.17) is 4.74 Å². The van der Waals surface area contributed by atoms with E-state index in [0.717, 1.165) is 25.1 Å². The highest BCUT2D eigenvalue weighted by atomic mass is 16.5. The van der Waals surface area contributed by atoms with Crippen LogP contribution in [0.15, 0.2) is 12.1 Å². The quantitative estimate of drug-likeness (QED) is 0.776. The summed E-state index contributed by atoms with van der Waals surface area (Å²) in [6.45, 7) is 4.08. The third-order valence-corrected chi connectivity index (χ3v) is 3.07. The van der Waals surface area contributed by atoms with Crippen molar-refractivity contribution in [2.24, 2.45) is 0 Å². The molecule has 0 amide bonds. The van der Waals surface area contributed by atoms with Gasteiger partial charge in [0.1, 0.15) is 0 Å². The summed E-state index contributed by atoms with van der Waals surface area (Å²) >= 11 is 0. The Morgan fingerprint density at radius 1 is 1.47 bits per heavy atom. The molecule has 3 nitrogen and oxygen atoms in total. The maximum atomic E-state index is 9.73. The van der Waals surface area contributed by atoms with Crippen molar-refractivity contribution in [2.75, 3.05) is 20.2 Å². The molecule has 1 aliphatic rings. The summed E-state index contributed by atoms with van der Waals surface area (Å²) in [4.78, 5) is 0. The molecule has 1 fully saturated rings. The van der Waals surface area contributed by atoms with Gasteiger partial charge in [-0.05, 0) is 31.5 Å². The first-order valence-corrected chi connectivity index (χ1v) is 5.31. The van der Waals surface area contributed by atoms with Crippen LogP contribution in [0.1, 0.15) is 23.5 Å². The second kappa shape index (κ2) is 4.11. The van der Waals surface area contributed by atoms with Crippen LogP contribution in [-0.2, 0) is 0 Å². The van der Waals surface area contributed by atoms with Gasteiger partial charge in [0, 0.05) is 18.0 Å². The normalized spacial score (nSPS) is 20.5. The molecular weight excluding hydrogens is 190 g/mol. The first kappa shape index (κ1) is 10.3. The molecule has 1 saturated heterocycles. The van der Waals surface area contributed by atoms with Crippen molar-refractivity contribution >= 4 is 0 Å². The smallest absolute Gasteiger partial charge is 0.164 e. The van der Waals surface area contributed by atoms with Crippen molar-refractivity contribution in [1.82, 2.24) is 5.32 Å². The Kier molecular flexibility index (Phi) is 2.82. The van der Waals surface area contributed by atoms with Crippen LogP contribution in [0.3, 0.4) is 0 Å². The van der Waals surface area contributed by atoms with Gasteiger partial charge in [-0.15, -0.1) is 0 Å². The van der Waals surface area contributed by atoms with E-state index in [1.807, 2.05) is 6.07 Å². The molecule has 1 unspecified atom stereocenters. The topological polar surface area (TPSA) is 41.5 Å². The molecule has 3 heteroatoms. The standard InChI is InChI=1S/C12H17NO2/c1-8-3-4-10(14)12(15-2)11(8)9-5-6-13-7-9/h3-4,9,13-14H,5-7H2,1-2H3. The van der Waals surface area contributed by atoms with Crippen molar-refractivity contribution in [3.63, 3.8) is 0 Å². The molecule has 2 rings (SSSR count). The number of aryl methyl sites for hydroxylation is 1. The van der Waals surface area contributed by atoms with Crippen LogP contribution in [0.25, 0.3) is 0 Å². The average Bonchev–Trinajstić information content (AvgIpc) is 2.74. The van der Waals surface area contributed by atoms with E-state index in [0.29, 0.717) is 11.7 Å². The van der Waals surface area contributed by atoms with Crippen molar-refractivity contribution in [3.8, 4) is 11.5 Å². The highest BCUT2D eigenvalue weighted by molar-refractivity contribution is 5.51. The number of aromatic hydroxyl groups is 1. The van der Waals surface area contributed by atoms with Crippen LogP contribution in [0.4, 0.5) is 0 Å². The number of phenols is 1. The lowest BCUT2D eigenvalue weighted by Gasteiger charge is -2.17. The summed E-state index contributed by atoms with van der Waals surface area (Å²) in [5.41, 5.74) is 2.35. The lowest BCUT2D eigenvalue weighted by molar-refractivity contribution is 0.366. The van der Waals surface area contributed by atoms with Crippen molar-refractivity contribution in [2.45, 2.75) is 19.3 Å². The highest BCUT2D eigenvalue weighted by Crippen LogP contribution is 2.39. The third-order valence-electron chi connectivity index (χ3n) is 3.07. The fourth-order valence-corrected chi connectivity index (χ4v) is 2.31. The Morgan fingerprint density at radius 3 is 2.87 bits per heavy atom. The summed E-state index contributed by atoms with van der Waals surface area (Å²) < 4.78 is 5.29. The predicted molar refractivity (Wildman–Crippen MR) is 59.6 cm³/mol. The van der Waals surface area contributed by atoms with Gasteiger partial charge in [-0.2, -0.15) is 0 Å². The minimum atomic E-state index is 0.241. The SMILES string of the molecule is COc1c(O)ccc(C)c1C1CCNC1. The Bertz CT molecular complexity index is 357. The van der Waals surface area contributed by atoms with Crippen LogP contribution in [0.5, 0.6) is 11.5 Å². The number of rotatable bonds is 2. The predicted octanol–water partition coefficient (Wildman–Crippen LogP) is 1.79. The van der Waals surface area contributed by atoms with Gasteiger partial charge < -0.3 is 15.2 Å². The molecular formula is C12H17NO2. The molecule has 2 N–H and O–H groups in total. The van der Waals surface area contributed by atoms with E-state index < -0.39 is 0 Å². The van der Waals surface area contributed by atoms with Gasteiger partial charge >= 0.3 is 0 Å². The fraction of sp³-hybridized carbons (Fsp3) is 0.500. The minimum Gasteiger partial charge on any atom is -0.504 e. The van der Waals surface area contributed by atoms with E-state index in [-0.39, 0.29) is 5.75 Å². The molecule has 0 saturated carbocycles. The summed E-state index contributed by atoms with van der Waals surface area (Å²) in [6, 6.07) is 3.64.